The van der Waals surface area contributed by atoms with Crippen molar-refractivity contribution in [2.45, 2.75) is 19.3 Å². The maximum absolute atomic E-state index is 10.6. The molecule has 3 nitrogen and oxygen atoms in total. The number of non-ortho nitro benzene ring substituents is 1. The molecule has 0 atom stereocenters. The Balaban J connectivity index is 1.80. The van der Waals surface area contributed by atoms with Crippen LogP contribution >= 0.6 is 23.2 Å². The third-order valence-electron chi connectivity index (χ3n) is 3.24. The molecular weight excluding hydrogens is 321 g/mol. The van der Waals surface area contributed by atoms with Gasteiger partial charge in [0.25, 0.3) is 5.69 Å². The zero-order valence-electron chi connectivity index (χ0n) is 11.8. The lowest BCUT2D eigenvalue weighted by atomic mass is 10.1. The van der Waals surface area contributed by atoms with Gasteiger partial charge in [-0.05, 0) is 42.5 Å². The molecule has 0 saturated heterocycles. The number of hydrogen-bond donors (Lipinski definition) is 0. The van der Waals surface area contributed by atoms with Gasteiger partial charge in [0.1, 0.15) is 0 Å². The van der Waals surface area contributed by atoms with Crippen LogP contribution in [0.25, 0.3) is 6.08 Å². The van der Waals surface area contributed by atoms with Crippen molar-refractivity contribution in [1.29, 1.82) is 0 Å². The molecule has 0 amide bonds. The van der Waals surface area contributed by atoms with E-state index in [2.05, 4.69) is 6.08 Å². The number of allylic oxidation sites excluding steroid dienone is 1. The van der Waals surface area contributed by atoms with Gasteiger partial charge in [-0.1, -0.05) is 53.6 Å². The van der Waals surface area contributed by atoms with E-state index in [0.29, 0.717) is 10.0 Å². The Labute approximate surface area is 139 Å². The van der Waals surface area contributed by atoms with E-state index < -0.39 is 0 Å². The second-order valence-electron chi connectivity index (χ2n) is 4.89. The van der Waals surface area contributed by atoms with Crippen molar-refractivity contribution in [3.05, 3.63) is 79.8 Å². The first kappa shape index (κ1) is 16.5. The molecule has 2 rings (SSSR count). The average molecular weight is 336 g/mol. The standard InChI is InChI=1S/C17H15Cl2NO2/c18-16-11-8-14(12-17(16)19)5-3-1-2-4-13-6-9-15(10-7-13)20(21)22/h3,5-12H,1-2,4H2/b5-3+. The largest absolute Gasteiger partial charge is 0.269 e. The Kier molecular flexibility index (Phi) is 5.99. The van der Waals surface area contributed by atoms with Gasteiger partial charge in [-0.25, -0.2) is 0 Å². The first-order chi connectivity index (χ1) is 10.6. The highest BCUT2D eigenvalue weighted by atomic mass is 35.5. The highest BCUT2D eigenvalue weighted by Crippen LogP contribution is 2.23. The fourth-order valence-electron chi connectivity index (χ4n) is 2.04. The molecule has 0 fully saturated rings. The van der Waals surface area contributed by atoms with Crippen LogP contribution in [0.1, 0.15) is 24.0 Å². The average Bonchev–Trinajstić information content (AvgIpc) is 2.51. The molecule has 0 saturated carbocycles. The summed E-state index contributed by atoms with van der Waals surface area (Å²) >= 11 is 11.8. The van der Waals surface area contributed by atoms with E-state index >= 15 is 0 Å². The van der Waals surface area contributed by atoms with E-state index in [1.165, 1.54) is 0 Å². The van der Waals surface area contributed by atoms with E-state index in [1.807, 2.05) is 18.2 Å². The zero-order valence-corrected chi connectivity index (χ0v) is 13.3. The third-order valence-corrected chi connectivity index (χ3v) is 3.98. The zero-order chi connectivity index (χ0) is 15.9. The van der Waals surface area contributed by atoms with Crippen molar-refractivity contribution in [3.8, 4) is 0 Å². The monoisotopic (exact) mass is 335 g/mol. The van der Waals surface area contributed by atoms with E-state index in [0.717, 1.165) is 30.4 Å². The van der Waals surface area contributed by atoms with E-state index in [4.69, 9.17) is 23.2 Å². The van der Waals surface area contributed by atoms with Crippen molar-refractivity contribution >= 4 is 35.0 Å². The summed E-state index contributed by atoms with van der Waals surface area (Å²) in [6, 6.07) is 12.2. The summed E-state index contributed by atoms with van der Waals surface area (Å²) in [6.07, 6.45) is 6.90. The lowest BCUT2D eigenvalue weighted by Crippen LogP contribution is -1.89. The van der Waals surface area contributed by atoms with Crippen LogP contribution in [0.3, 0.4) is 0 Å². The minimum Gasteiger partial charge on any atom is -0.258 e. The second-order valence-corrected chi connectivity index (χ2v) is 5.71. The molecule has 22 heavy (non-hydrogen) atoms. The summed E-state index contributed by atoms with van der Waals surface area (Å²) in [5, 5.41) is 11.7. The molecule has 0 bridgehead atoms. The highest BCUT2D eigenvalue weighted by Gasteiger charge is 2.03. The summed E-state index contributed by atoms with van der Waals surface area (Å²) < 4.78 is 0. The molecular formula is C17H15Cl2NO2. The normalized spacial score (nSPS) is 11.0. The van der Waals surface area contributed by atoms with E-state index in [-0.39, 0.29) is 10.6 Å². The van der Waals surface area contributed by atoms with Crippen LogP contribution < -0.4 is 0 Å². The van der Waals surface area contributed by atoms with Gasteiger partial charge < -0.3 is 0 Å². The van der Waals surface area contributed by atoms with Crippen molar-refractivity contribution in [1.82, 2.24) is 0 Å². The molecule has 0 radical (unpaired) electrons. The number of nitro benzene ring substituents is 1. The fourth-order valence-corrected chi connectivity index (χ4v) is 2.35. The summed E-state index contributed by atoms with van der Waals surface area (Å²) in [7, 11) is 0. The predicted molar refractivity (Wildman–Crippen MR) is 91.5 cm³/mol. The highest BCUT2D eigenvalue weighted by molar-refractivity contribution is 6.42. The van der Waals surface area contributed by atoms with Crippen LogP contribution in [0.5, 0.6) is 0 Å². The van der Waals surface area contributed by atoms with Crippen LogP contribution in [0.2, 0.25) is 10.0 Å². The summed E-state index contributed by atoms with van der Waals surface area (Å²) in [5.74, 6) is 0. The SMILES string of the molecule is O=[N+]([O-])c1ccc(CCC/C=C/c2ccc(Cl)c(Cl)c2)cc1. The van der Waals surface area contributed by atoms with E-state index in [1.54, 1.807) is 30.3 Å². The molecule has 5 heteroatoms. The fraction of sp³-hybridized carbons (Fsp3) is 0.176. The molecule has 0 aliphatic carbocycles. The van der Waals surface area contributed by atoms with Crippen molar-refractivity contribution in [2.75, 3.05) is 0 Å². The second kappa shape index (κ2) is 7.97. The third kappa shape index (κ3) is 4.86. The van der Waals surface area contributed by atoms with Crippen LogP contribution in [0, 0.1) is 10.1 Å². The van der Waals surface area contributed by atoms with Gasteiger partial charge >= 0.3 is 0 Å². The van der Waals surface area contributed by atoms with Crippen molar-refractivity contribution < 1.29 is 4.92 Å². The number of rotatable bonds is 6. The number of aryl methyl sites for hydroxylation is 1. The minimum atomic E-state index is -0.385. The van der Waals surface area contributed by atoms with Crippen molar-refractivity contribution in [2.24, 2.45) is 0 Å². The van der Waals surface area contributed by atoms with Gasteiger partial charge in [-0.2, -0.15) is 0 Å². The predicted octanol–water partition coefficient (Wildman–Crippen LogP) is 5.94. The van der Waals surface area contributed by atoms with Crippen LogP contribution in [-0.2, 0) is 6.42 Å². The van der Waals surface area contributed by atoms with E-state index in [9.17, 15) is 10.1 Å². The molecule has 2 aromatic carbocycles. The number of benzene rings is 2. The topological polar surface area (TPSA) is 43.1 Å². The Morgan fingerprint density at radius 2 is 1.77 bits per heavy atom. The number of nitro groups is 1. The number of nitrogens with zero attached hydrogens (tertiary/aromatic N) is 1. The Morgan fingerprint density at radius 3 is 2.41 bits per heavy atom. The number of hydrogen-bond acceptors (Lipinski definition) is 2. The quantitative estimate of drug-likeness (QED) is 0.372. The summed E-state index contributed by atoms with van der Waals surface area (Å²) in [5.41, 5.74) is 2.25. The molecule has 0 heterocycles. The lowest BCUT2D eigenvalue weighted by molar-refractivity contribution is -0.384. The molecule has 0 aromatic heterocycles. The summed E-state index contributed by atoms with van der Waals surface area (Å²) in [6.45, 7) is 0. The molecule has 0 spiro atoms. The van der Waals surface area contributed by atoms with Crippen LogP contribution in [-0.4, -0.2) is 4.92 Å². The maximum atomic E-state index is 10.6. The van der Waals surface area contributed by atoms with Gasteiger partial charge in [0.15, 0.2) is 0 Å². The minimum absolute atomic E-state index is 0.128. The molecule has 0 aliphatic heterocycles. The molecule has 0 N–H and O–H groups in total. The first-order valence-corrected chi connectivity index (χ1v) is 7.67. The molecule has 0 aliphatic rings. The van der Waals surface area contributed by atoms with Gasteiger partial charge in [0.2, 0.25) is 0 Å². The smallest absolute Gasteiger partial charge is 0.258 e. The maximum Gasteiger partial charge on any atom is 0.269 e. The van der Waals surface area contributed by atoms with Gasteiger partial charge in [-0.15, -0.1) is 0 Å². The van der Waals surface area contributed by atoms with Crippen molar-refractivity contribution in [3.63, 3.8) is 0 Å². The van der Waals surface area contributed by atoms with Crippen LogP contribution in [0.4, 0.5) is 5.69 Å². The van der Waals surface area contributed by atoms with Gasteiger partial charge in [-0.3, -0.25) is 10.1 Å². The summed E-state index contributed by atoms with van der Waals surface area (Å²) in [4.78, 5) is 10.2. The Morgan fingerprint density at radius 1 is 1.05 bits per heavy atom. The number of unbranched alkanes of at least 4 members (excludes halogenated alkanes) is 1. The molecule has 0 unspecified atom stereocenters. The Bertz CT molecular complexity index is 682. The van der Waals surface area contributed by atoms with Gasteiger partial charge in [0, 0.05) is 12.1 Å². The van der Waals surface area contributed by atoms with Crippen LogP contribution in [0.15, 0.2) is 48.5 Å². The van der Waals surface area contributed by atoms with Gasteiger partial charge in [0.05, 0.1) is 15.0 Å². The molecule has 114 valence electrons. The first-order valence-electron chi connectivity index (χ1n) is 6.91. The Hall–Kier alpha value is -1.84. The molecule has 2 aromatic rings. The number of halogens is 2. The lowest BCUT2D eigenvalue weighted by Gasteiger charge is -2.00.